The summed E-state index contributed by atoms with van der Waals surface area (Å²) < 4.78 is 5.62. The van der Waals surface area contributed by atoms with Crippen molar-refractivity contribution in [3.8, 4) is 0 Å². The van der Waals surface area contributed by atoms with E-state index in [4.69, 9.17) is 4.74 Å². The Hall–Kier alpha value is -1.99. The highest BCUT2D eigenvalue weighted by atomic mass is 16.5. The number of aryl methyl sites for hydroxylation is 2. The van der Waals surface area contributed by atoms with Gasteiger partial charge >= 0.3 is 0 Å². The van der Waals surface area contributed by atoms with Crippen LogP contribution in [0.25, 0.3) is 0 Å². The molecule has 1 aliphatic heterocycles. The van der Waals surface area contributed by atoms with Gasteiger partial charge in [0.2, 0.25) is 0 Å². The lowest BCUT2D eigenvalue weighted by molar-refractivity contribution is -0.0148. The van der Waals surface area contributed by atoms with E-state index in [0.29, 0.717) is 19.0 Å². The summed E-state index contributed by atoms with van der Waals surface area (Å²) in [5.74, 6) is 1.67. The first-order valence-electron chi connectivity index (χ1n) is 8.58. The van der Waals surface area contributed by atoms with Crippen LogP contribution < -0.4 is 5.56 Å². The number of rotatable bonds is 6. The van der Waals surface area contributed by atoms with Gasteiger partial charge in [-0.3, -0.25) is 9.69 Å². The molecule has 1 aliphatic rings. The lowest BCUT2D eigenvalue weighted by Gasteiger charge is -2.34. The van der Waals surface area contributed by atoms with Gasteiger partial charge in [-0.2, -0.15) is 0 Å². The Bertz CT molecular complexity index is 724. The molecule has 1 fully saturated rings. The van der Waals surface area contributed by atoms with Gasteiger partial charge in [-0.25, -0.2) is 9.97 Å². The van der Waals surface area contributed by atoms with Crippen molar-refractivity contribution in [2.24, 2.45) is 0 Å². The molecule has 0 unspecified atom stereocenters. The topological polar surface area (TPSA) is 86.9 Å². The zero-order valence-electron chi connectivity index (χ0n) is 14.3. The average molecular weight is 331 g/mol. The van der Waals surface area contributed by atoms with Crippen molar-refractivity contribution in [1.82, 2.24) is 24.8 Å². The van der Waals surface area contributed by atoms with Gasteiger partial charge in [-0.1, -0.05) is 13.3 Å². The Kier molecular flexibility index (Phi) is 5.42. The molecule has 0 saturated carbocycles. The summed E-state index contributed by atoms with van der Waals surface area (Å²) in [5.41, 5.74) is 1.74. The molecule has 2 aromatic rings. The Morgan fingerprint density at radius 3 is 3.08 bits per heavy atom. The Labute approximate surface area is 141 Å². The van der Waals surface area contributed by atoms with Crippen LogP contribution in [0.2, 0.25) is 0 Å². The number of imidazole rings is 1. The van der Waals surface area contributed by atoms with Gasteiger partial charge in [0.05, 0.1) is 24.9 Å². The van der Waals surface area contributed by atoms with E-state index < -0.39 is 0 Å². The minimum Gasteiger partial charge on any atom is -0.378 e. The van der Waals surface area contributed by atoms with Gasteiger partial charge in [0.15, 0.2) is 0 Å². The third-order valence-electron chi connectivity index (χ3n) is 4.28. The molecule has 7 heteroatoms. The second-order valence-corrected chi connectivity index (χ2v) is 6.28. The summed E-state index contributed by atoms with van der Waals surface area (Å²) in [6.07, 6.45) is 5.20. The summed E-state index contributed by atoms with van der Waals surface area (Å²) >= 11 is 0. The second-order valence-electron chi connectivity index (χ2n) is 6.28. The zero-order valence-corrected chi connectivity index (χ0v) is 14.3. The molecule has 3 rings (SSSR count). The normalized spacial score (nSPS) is 18.8. The van der Waals surface area contributed by atoms with Crippen LogP contribution in [0.5, 0.6) is 0 Å². The van der Waals surface area contributed by atoms with Crippen LogP contribution in [0.1, 0.15) is 48.8 Å². The fraction of sp³-hybridized carbons (Fsp3) is 0.588. The highest BCUT2D eigenvalue weighted by Crippen LogP contribution is 2.23. The van der Waals surface area contributed by atoms with Crippen LogP contribution in [-0.4, -0.2) is 44.6 Å². The molecule has 0 amide bonds. The summed E-state index contributed by atoms with van der Waals surface area (Å²) in [7, 11) is 0. The Morgan fingerprint density at radius 2 is 2.29 bits per heavy atom. The molecule has 7 nitrogen and oxygen atoms in total. The van der Waals surface area contributed by atoms with Gasteiger partial charge in [-0.05, 0) is 13.3 Å². The van der Waals surface area contributed by atoms with Crippen LogP contribution in [0, 0.1) is 6.92 Å². The van der Waals surface area contributed by atoms with Crippen molar-refractivity contribution in [2.45, 2.75) is 45.7 Å². The van der Waals surface area contributed by atoms with Gasteiger partial charge in [0.25, 0.3) is 5.56 Å². The molecule has 0 bridgehead atoms. The smallest absolute Gasteiger partial charge is 0.251 e. The fourth-order valence-electron chi connectivity index (χ4n) is 3.05. The first kappa shape index (κ1) is 16.9. The molecular weight excluding hydrogens is 306 g/mol. The molecule has 0 spiro atoms. The van der Waals surface area contributed by atoms with E-state index in [0.717, 1.165) is 49.6 Å². The lowest BCUT2D eigenvalue weighted by atomic mass is 10.1. The van der Waals surface area contributed by atoms with Crippen LogP contribution in [0.4, 0.5) is 0 Å². The average Bonchev–Trinajstić information content (AvgIpc) is 3.00. The Balaban J connectivity index is 1.74. The maximum Gasteiger partial charge on any atom is 0.251 e. The van der Waals surface area contributed by atoms with Crippen LogP contribution in [0.3, 0.4) is 0 Å². The first-order valence-corrected chi connectivity index (χ1v) is 8.58. The molecule has 130 valence electrons. The summed E-state index contributed by atoms with van der Waals surface area (Å²) in [6, 6.07) is 1.56. The van der Waals surface area contributed by atoms with Gasteiger partial charge in [-0.15, -0.1) is 0 Å². The van der Waals surface area contributed by atoms with Crippen molar-refractivity contribution in [2.75, 3.05) is 19.8 Å². The minimum atomic E-state index is -0.119. The number of aromatic nitrogens is 4. The van der Waals surface area contributed by atoms with Crippen molar-refractivity contribution >= 4 is 0 Å². The van der Waals surface area contributed by atoms with E-state index in [1.807, 2.05) is 6.20 Å². The second kappa shape index (κ2) is 7.72. The van der Waals surface area contributed by atoms with Crippen molar-refractivity contribution in [3.05, 3.63) is 45.7 Å². The maximum atomic E-state index is 11.8. The van der Waals surface area contributed by atoms with Crippen molar-refractivity contribution in [3.63, 3.8) is 0 Å². The Morgan fingerprint density at radius 1 is 1.42 bits per heavy atom. The molecule has 2 N–H and O–H groups in total. The number of morpholine rings is 1. The molecule has 0 aromatic carbocycles. The number of hydrogen-bond acceptors (Lipinski definition) is 5. The molecule has 0 aliphatic carbocycles. The zero-order chi connectivity index (χ0) is 16.9. The SMILES string of the molecule is CCCCc1ncc(CN2CCOC[C@H]2c2cc(=O)[nH]c(C)n2)[nH]1. The quantitative estimate of drug-likeness (QED) is 0.841. The highest BCUT2D eigenvalue weighted by Gasteiger charge is 2.26. The van der Waals surface area contributed by atoms with E-state index in [2.05, 4.69) is 31.8 Å². The van der Waals surface area contributed by atoms with E-state index in [-0.39, 0.29) is 11.6 Å². The van der Waals surface area contributed by atoms with E-state index >= 15 is 0 Å². The standard InChI is InChI=1S/C17H25N5O2/c1-3-4-5-16-18-9-13(21-16)10-22-6-7-24-11-15(22)14-8-17(23)20-12(2)19-14/h8-9,15H,3-7,10-11H2,1-2H3,(H,18,21)(H,19,20,23)/t15-/m0/s1. The minimum absolute atomic E-state index is 0.0119. The predicted molar refractivity (Wildman–Crippen MR) is 90.8 cm³/mol. The summed E-state index contributed by atoms with van der Waals surface area (Å²) in [6.45, 7) is 6.77. The molecule has 1 saturated heterocycles. The number of hydrogen-bond donors (Lipinski definition) is 2. The first-order chi connectivity index (χ1) is 11.7. The number of unbranched alkanes of at least 4 members (excludes halogenated alkanes) is 1. The molecule has 0 radical (unpaired) electrons. The number of nitrogens with zero attached hydrogens (tertiary/aromatic N) is 3. The van der Waals surface area contributed by atoms with Crippen LogP contribution in [0.15, 0.2) is 17.1 Å². The van der Waals surface area contributed by atoms with Crippen molar-refractivity contribution < 1.29 is 4.74 Å². The molecule has 1 atom stereocenters. The third-order valence-corrected chi connectivity index (χ3v) is 4.28. The molecule has 24 heavy (non-hydrogen) atoms. The predicted octanol–water partition coefficient (Wildman–Crippen LogP) is 1.72. The fourth-order valence-corrected chi connectivity index (χ4v) is 3.05. The van der Waals surface area contributed by atoms with E-state index in [9.17, 15) is 4.79 Å². The van der Waals surface area contributed by atoms with Crippen LogP contribution >= 0.6 is 0 Å². The highest BCUT2D eigenvalue weighted by molar-refractivity contribution is 5.10. The van der Waals surface area contributed by atoms with Gasteiger partial charge in [0, 0.05) is 37.5 Å². The molecular formula is C17H25N5O2. The maximum absolute atomic E-state index is 11.8. The van der Waals surface area contributed by atoms with Crippen molar-refractivity contribution in [1.29, 1.82) is 0 Å². The summed E-state index contributed by atoms with van der Waals surface area (Å²) in [5, 5.41) is 0. The van der Waals surface area contributed by atoms with Gasteiger partial charge in [0.1, 0.15) is 11.6 Å². The summed E-state index contributed by atoms with van der Waals surface area (Å²) in [4.78, 5) is 29.1. The van der Waals surface area contributed by atoms with E-state index in [1.165, 1.54) is 0 Å². The molecule has 2 aromatic heterocycles. The lowest BCUT2D eigenvalue weighted by Crippen LogP contribution is -2.40. The molecule has 3 heterocycles. The largest absolute Gasteiger partial charge is 0.378 e. The number of aromatic amines is 2. The number of nitrogens with one attached hydrogen (secondary N) is 2. The third kappa shape index (κ3) is 4.10. The van der Waals surface area contributed by atoms with E-state index in [1.54, 1.807) is 13.0 Å². The monoisotopic (exact) mass is 331 g/mol. The number of H-pyrrole nitrogens is 2. The van der Waals surface area contributed by atoms with Gasteiger partial charge < -0.3 is 14.7 Å². The van der Waals surface area contributed by atoms with Crippen LogP contribution in [-0.2, 0) is 17.7 Å². The number of ether oxygens (including phenoxy) is 1.